The first-order valence-electron chi connectivity index (χ1n) is 30.3. The first-order valence-corrected chi connectivity index (χ1v) is 31.7. The minimum absolute atomic E-state index is 0.0265. The van der Waals surface area contributed by atoms with Gasteiger partial charge in [-0.2, -0.15) is 8.42 Å². The molecule has 0 bridgehead atoms. The summed E-state index contributed by atoms with van der Waals surface area (Å²) in [4.78, 5) is 13.0. The molecular weight excluding hydrogens is 981 g/mol. The molecule has 76 heavy (non-hydrogen) atoms. The SMILES string of the molecule is CC/C=C\C/C=C\C/C=C\C/C=C\C/C=C\CCCCCCCCCCOCC(COC1OC(CO)C(O)C(OS(=O)(=O)O)C1O)OC(=O)CCCCCCCCCCCCCCC/C=C\C/C=C\CCCCCCC. The third kappa shape index (κ3) is 45.2. The van der Waals surface area contributed by atoms with E-state index in [-0.39, 0.29) is 19.6 Å². The average Bonchev–Trinajstić information content (AvgIpc) is 3.40. The summed E-state index contributed by atoms with van der Waals surface area (Å²) in [7, 11) is -5.07. The molecule has 1 aliphatic rings. The van der Waals surface area contributed by atoms with E-state index in [2.05, 4.69) is 103 Å². The number of unbranched alkanes of at least 4 members (excludes halogenated alkanes) is 26. The molecule has 1 heterocycles. The molecule has 0 amide bonds. The zero-order valence-corrected chi connectivity index (χ0v) is 48.6. The van der Waals surface area contributed by atoms with Crippen LogP contribution >= 0.6 is 0 Å². The Kier molecular flexibility index (Phi) is 49.7. The van der Waals surface area contributed by atoms with Crippen LogP contribution < -0.4 is 0 Å². The molecule has 1 aliphatic heterocycles. The Bertz CT molecular complexity index is 1640. The fourth-order valence-corrected chi connectivity index (χ4v) is 9.48. The van der Waals surface area contributed by atoms with Gasteiger partial charge in [0.05, 0.1) is 19.8 Å². The van der Waals surface area contributed by atoms with Crippen LogP contribution in [0.5, 0.6) is 0 Å². The summed E-state index contributed by atoms with van der Waals surface area (Å²) in [5.74, 6) is -0.403. The number of aliphatic hydroxyl groups excluding tert-OH is 3. The van der Waals surface area contributed by atoms with E-state index in [4.69, 9.17) is 18.9 Å². The van der Waals surface area contributed by atoms with Crippen molar-refractivity contribution < 1.29 is 56.2 Å². The molecule has 0 saturated carbocycles. The molecular formula is C63H110O12S. The molecule has 0 aromatic carbocycles. The number of esters is 1. The molecule has 6 atom stereocenters. The van der Waals surface area contributed by atoms with Gasteiger partial charge in [0.2, 0.25) is 0 Å². The normalized spacial score (nSPS) is 19.2. The van der Waals surface area contributed by atoms with Crippen LogP contribution in [0.15, 0.2) is 85.1 Å². The zero-order valence-electron chi connectivity index (χ0n) is 47.8. The van der Waals surface area contributed by atoms with E-state index in [9.17, 15) is 33.1 Å². The summed E-state index contributed by atoms with van der Waals surface area (Å²) in [5, 5.41) is 30.9. The van der Waals surface area contributed by atoms with Crippen LogP contribution in [-0.4, -0.2) is 97.5 Å². The summed E-state index contributed by atoms with van der Waals surface area (Å²) in [6, 6.07) is 0. The van der Waals surface area contributed by atoms with Gasteiger partial charge < -0.3 is 34.3 Å². The van der Waals surface area contributed by atoms with Crippen LogP contribution in [0.1, 0.15) is 245 Å². The van der Waals surface area contributed by atoms with Gasteiger partial charge in [0, 0.05) is 13.0 Å². The Balaban J connectivity index is 2.29. The van der Waals surface area contributed by atoms with Gasteiger partial charge in [0.1, 0.15) is 30.5 Å². The smallest absolute Gasteiger partial charge is 0.397 e. The van der Waals surface area contributed by atoms with Gasteiger partial charge in [-0.25, -0.2) is 4.18 Å². The monoisotopic (exact) mass is 1090 g/mol. The standard InChI is InChI=1S/C63H110O12S/c1-3-5-7-9-11-13-15-17-19-21-23-25-27-29-30-32-34-36-38-40-42-44-46-48-50-52-59(65)73-57(56-72-63-61(67)62(75-76(68,69)70)60(66)58(54-64)74-63)55-71-53-51-49-47-45-43-41-39-37-35-33-31-28-26-24-22-20-18-16-14-12-10-8-6-4-2/h6,8,12,14-15,17-18,20-21,23-24,26,31,33,57-58,60-64,66-67H,3-5,7,9-11,13,16,19,22,25,27-30,32,34-56H2,1-2H3,(H,68,69,70)/b8-6-,14-12-,17-15-,20-18-,23-21-,26-24-,33-31-. The molecule has 1 saturated heterocycles. The summed E-state index contributed by atoms with van der Waals surface area (Å²) >= 11 is 0. The van der Waals surface area contributed by atoms with Crippen LogP contribution in [0.25, 0.3) is 0 Å². The highest BCUT2D eigenvalue weighted by Crippen LogP contribution is 2.26. The molecule has 13 heteroatoms. The average molecular weight is 1090 g/mol. The minimum Gasteiger partial charge on any atom is -0.457 e. The lowest BCUT2D eigenvalue weighted by Crippen LogP contribution is -2.60. The van der Waals surface area contributed by atoms with E-state index in [1.54, 1.807) is 0 Å². The van der Waals surface area contributed by atoms with Crippen molar-refractivity contribution in [3.05, 3.63) is 85.1 Å². The third-order valence-corrected chi connectivity index (χ3v) is 14.0. The number of aliphatic hydroxyl groups is 3. The second kappa shape index (κ2) is 53.0. The molecule has 0 aromatic heterocycles. The number of allylic oxidation sites excluding steroid dienone is 14. The summed E-state index contributed by atoms with van der Waals surface area (Å²) in [5.41, 5.74) is 0. The fourth-order valence-electron chi connectivity index (χ4n) is 8.97. The Hall–Kier alpha value is -2.72. The third-order valence-electron chi connectivity index (χ3n) is 13.5. The first kappa shape index (κ1) is 71.3. The van der Waals surface area contributed by atoms with Gasteiger partial charge in [-0.15, -0.1) is 0 Å². The van der Waals surface area contributed by atoms with Gasteiger partial charge in [0.25, 0.3) is 0 Å². The van der Waals surface area contributed by atoms with E-state index in [0.29, 0.717) is 13.0 Å². The molecule has 440 valence electrons. The Morgan fingerprint density at radius 2 is 0.908 bits per heavy atom. The van der Waals surface area contributed by atoms with Gasteiger partial charge in [0.15, 0.2) is 6.29 Å². The van der Waals surface area contributed by atoms with Crippen molar-refractivity contribution in [2.75, 3.05) is 26.4 Å². The Labute approximate surface area is 463 Å². The second-order valence-electron chi connectivity index (χ2n) is 20.6. The highest BCUT2D eigenvalue weighted by atomic mass is 32.3. The van der Waals surface area contributed by atoms with Gasteiger partial charge in [-0.05, 0) is 89.9 Å². The van der Waals surface area contributed by atoms with E-state index < -0.39 is 59.8 Å². The van der Waals surface area contributed by atoms with Crippen molar-refractivity contribution in [1.82, 2.24) is 0 Å². The number of carbonyl (C=O) groups excluding carboxylic acids is 1. The van der Waals surface area contributed by atoms with Crippen LogP contribution in [-0.2, 0) is 38.3 Å². The van der Waals surface area contributed by atoms with Crippen molar-refractivity contribution in [1.29, 1.82) is 0 Å². The predicted molar refractivity (Wildman–Crippen MR) is 312 cm³/mol. The number of hydrogen-bond acceptors (Lipinski definition) is 11. The van der Waals surface area contributed by atoms with Gasteiger partial charge >= 0.3 is 16.4 Å². The van der Waals surface area contributed by atoms with Crippen LogP contribution in [0.2, 0.25) is 0 Å². The predicted octanol–water partition coefficient (Wildman–Crippen LogP) is 15.5. The number of rotatable bonds is 53. The Morgan fingerprint density at radius 1 is 0.513 bits per heavy atom. The lowest BCUT2D eigenvalue weighted by Gasteiger charge is -2.41. The Morgan fingerprint density at radius 3 is 1.33 bits per heavy atom. The maximum absolute atomic E-state index is 13.0. The highest BCUT2D eigenvalue weighted by molar-refractivity contribution is 7.80. The van der Waals surface area contributed by atoms with Crippen molar-refractivity contribution in [3.8, 4) is 0 Å². The largest absolute Gasteiger partial charge is 0.457 e. The van der Waals surface area contributed by atoms with Crippen molar-refractivity contribution >= 4 is 16.4 Å². The fraction of sp³-hybridized carbons (Fsp3) is 0.762. The van der Waals surface area contributed by atoms with Crippen molar-refractivity contribution in [2.24, 2.45) is 0 Å². The molecule has 0 radical (unpaired) electrons. The molecule has 0 aromatic rings. The molecule has 1 rings (SSSR count). The zero-order chi connectivity index (χ0) is 55.3. The summed E-state index contributed by atoms with van der Waals surface area (Å²) < 4.78 is 59.5. The molecule has 0 spiro atoms. The lowest BCUT2D eigenvalue weighted by atomic mass is 9.99. The molecule has 6 unspecified atom stereocenters. The molecule has 1 fully saturated rings. The van der Waals surface area contributed by atoms with E-state index in [1.165, 1.54) is 135 Å². The van der Waals surface area contributed by atoms with Gasteiger partial charge in [-0.3, -0.25) is 9.35 Å². The number of carbonyl (C=O) groups is 1. The topological polar surface area (TPSA) is 178 Å². The van der Waals surface area contributed by atoms with Crippen LogP contribution in [0, 0.1) is 0 Å². The quantitative estimate of drug-likeness (QED) is 0.0196. The van der Waals surface area contributed by atoms with Crippen molar-refractivity contribution in [2.45, 2.75) is 282 Å². The molecule has 0 aliphatic carbocycles. The minimum atomic E-state index is -5.07. The first-order chi connectivity index (χ1) is 37.1. The maximum Gasteiger partial charge on any atom is 0.397 e. The summed E-state index contributed by atoms with van der Waals surface area (Å²) in [6.45, 7) is 3.87. The van der Waals surface area contributed by atoms with Crippen LogP contribution in [0.3, 0.4) is 0 Å². The van der Waals surface area contributed by atoms with Crippen LogP contribution in [0.4, 0.5) is 0 Å². The molecule has 4 N–H and O–H groups in total. The maximum atomic E-state index is 13.0. The molecule has 12 nitrogen and oxygen atoms in total. The number of ether oxygens (including phenoxy) is 4. The number of hydrogen-bond donors (Lipinski definition) is 4. The second-order valence-corrected chi connectivity index (χ2v) is 21.6. The van der Waals surface area contributed by atoms with Gasteiger partial charge in [-0.1, -0.05) is 234 Å². The van der Waals surface area contributed by atoms with E-state index in [0.717, 1.165) is 83.5 Å². The summed E-state index contributed by atoms with van der Waals surface area (Å²) in [6.07, 6.45) is 63.3. The van der Waals surface area contributed by atoms with Crippen molar-refractivity contribution in [3.63, 3.8) is 0 Å². The highest BCUT2D eigenvalue weighted by Gasteiger charge is 2.48. The van der Waals surface area contributed by atoms with E-state index >= 15 is 0 Å². The lowest BCUT2D eigenvalue weighted by molar-refractivity contribution is -0.301. The van der Waals surface area contributed by atoms with E-state index in [1.807, 2.05) is 0 Å².